The zero-order valence-corrected chi connectivity index (χ0v) is 16.1. The Bertz CT molecular complexity index is 1170. The first kappa shape index (κ1) is 19.9. The van der Waals surface area contributed by atoms with Gasteiger partial charge in [0.2, 0.25) is 0 Å². The van der Waals surface area contributed by atoms with Crippen LogP contribution in [0.25, 0.3) is 10.8 Å². The Balaban J connectivity index is 1.56. The van der Waals surface area contributed by atoms with Crippen molar-refractivity contribution < 1.29 is 18.7 Å². The van der Waals surface area contributed by atoms with E-state index < -0.39 is 17.8 Å². The number of rotatable bonds is 4. The summed E-state index contributed by atoms with van der Waals surface area (Å²) in [6.07, 6.45) is 1.43. The highest BCUT2D eigenvalue weighted by Crippen LogP contribution is 2.20. The molecule has 0 bridgehead atoms. The third-order valence-electron chi connectivity index (χ3n) is 5.26. The van der Waals surface area contributed by atoms with Crippen LogP contribution in [0.3, 0.4) is 0 Å². The van der Waals surface area contributed by atoms with E-state index in [1.54, 1.807) is 24.3 Å². The molecule has 0 atom stereocenters. The lowest BCUT2D eigenvalue weighted by atomic mass is 9.98. The van der Waals surface area contributed by atoms with Crippen LogP contribution in [0.15, 0.2) is 47.3 Å². The molecule has 1 aromatic heterocycles. The van der Waals surface area contributed by atoms with Gasteiger partial charge < -0.3 is 10.1 Å². The molecule has 0 aliphatic carbocycles. The molecule has 0 spiro atoms. The highest BCUT2D eigenvalue weighted by Gasteiger charge is 2.26. The predicted octanol–water partition coefficient (Wildman–Crippen LogP) is 2.34. The number of hydrogen-bond donors (Lipinski definition) is 2. The monoisotopic (exact) mass is 409 g/mol. The molecule has 2 N–H and O–H groups in total. The molecule has 0 unspecified atom stereocenters. The quantitative estimate of drug-likeness (QED) is 0.507. The van der Waals surface area contributed by atoms with Crippen molar-refractivity contribution in [2.45, 2.75) is 19.3 Å². The van der Waals surface area contributed by atoms with Gasteiger partial charge in [0.05, 0.1) is 22.6 Å². The number of aromatic nitrogens is 2. The molecule has 30 heavy (non-hydrogen) atoms. The van der Waals surface area contributed by atoms with E-state index in [4.69, 9.17) is 4.74 Å². The lowest BCUT2D eigenvalue weighted by Crippen LogP contribution is -2.33. The molecule has 1 fully saturated rings. The number of benzene rings is 2. The normalized spacial score (nSPS) is 14.6. The summed E-state index contributed by atoms with van der Waals surface area (Å²) in [4.78, 5) is 36.6. The molecule has 154 valence electrons. The van der Waals surface area contributed by atoms with Crippen molar-refractivity contribution in [3.63, 3.8) is 0 Å². The van der Waals surface area contributed by atoms with Crippen LogP contribution in [-0.4, -0.2) is 35.2 Å². The number of carbonyl (C=O) groups is 2. The Kier molecular flexibility index (Phi) is 5.67. The number of aromatic amines is 1. The summed E-state index contributed by atoms with van der Waals surface area (Å²) in [6, 6.07) is 11.1. The van der Waals surface area contributed by atoms with Crippen LogP contribution in [0.1, 0.15) is 34.5 Å². The van der Waals surface area contributed by atoms with Crippen molar-refractivity contribution in [1.29, 1.82) is 0 Å². The number of hydrogen-bond acceptors (Lipinski definition) is 6. The van der Waals surface area contributed by atoms with Crippen LogP contribution < -0.4 is 10.9 Å². The van der Waals surface area contributed by atoms with Gasteiger partial charge in [-0.15, -0.1) is 0 Å². The summed E-state index contributed by atoms with van der Waals surface area (Å²) in [7, 11) is 0. The fourth-order valence-corrected chi connectivity index (χ4v) is 3.63. The fraction of sp³-hybridized carbons (Fsp3) is 0.273. The van der Waals surface area contributed by atoms with Crippen LogP contribution in [0, 0.1) is 11.7 Å². The molecule has 0 amide bonds. The largest absolute Gasteiger partial charge is 0.389 e. The van der Waals surface area contributed by atoms with Crippen LogP contribution >= 0.6 is 0 Å². The average Bonchev–Trinajstić information content (AvgIpc) is 2.77. The highest BCUT2D eigenvalue weighted by molar-refractivity contribution is 5.97. The second-order valence-electron chi connectivity index (χ2n) is 7.27. The summed E-state index contributed by atoms with van der Waals surface area (Å²) < 4.78 is 19.2. The highest BCUT2D eigenvalue weighted by atomic mass is 19.1. The first-order valence-electron chi connectivity index (χ1n) is 9.74. The van der Waals surface area contributed by atoms with Crippen molar-refractivity contribution in [3.05, 3.63) is 75.5 Å². The number of halogens is 1. The molecule has 2 heterocycles. The molecule has 1 aliphatic rings. The van der Waals surface area contributed by atoms with E-state index in [0.29, 0.717) is 48.0 Å². The minimum absolute atomic E-state index is 0.264. The average molecular weight is 409 g/mol. The lowest BCUT2D eigenvalue weighted by molar-refractivity contribution is -0.143. The van der Waals surface area contributed by atoms with Crippen LogP contribution in [0.4, 0.5) is 4.39 Å². The second kappa shape index (κ2) is 8.54. The number of carbonyl (C=O) groups excluding carboxylic acids is 2. The first-order valence-corrected chi connectivity index (χ1v) is 9.74. The number of nitrogens with one attached hydrogen (secondary N) is 2. The molecule has 4 rings (SSSR count). The van der Waals surface area contributed by atoms with Crippen molar-refractivity contribution in [2.75, 3.05) is 13.1 Å². The molecule has 0 radical (unpaired) electrons. The number of ether oxygens (including phenoxy) is 1. The van der Waals surface area contributed by atoms with Gasteiger partial charge in [-0.05, 0) is 49.7 Å². The van der Waals surface area contributed by atoms with Crippen LogP contribution in [0.2, 0.25) is 0 Å². The Hall–Kier alpha value is -3.39. The van der Waals surface area contributed by atoms with E-state index in [9.17, 15) is 18.8 Å². The first-order chi connectivity index (χ1) is 14.5. The molecule has 8 heteroatoms. The number of piperidine rings is 1. The van der Waals surface area contributed by atoms with Crippen molar-refractivity contribution >= 4 is 22.7 Å². The summed E-state index contributed by atoms with van der Waals surface area (Å²) in [6.45, 7) is 1.36. The lowest BCUT2D eigenvalue weighted by Gasteiger charge is -2.20. The maximum atomic E-state index is 14.3. The van der Waals surface area contributed by atoms with Gasteiger partial charge in [0.25, 0.3) is 5.56 Å². The predicted molar refractivity (Wildman–Crippen MR) is 108 cm³/mol. The minimum atomic E-state index is -1.00. The zero-order chi connectivity index (χ0) is 21.1. The van der Waals surface area contributed by atoms with Crippen molar-refractivity contribution in [1.82, 2.24) is 15.5 Å². The molecule has 3 aromatic rings. The minimum Gasteiger partial charge on any atom is -0.389 e. The summed E-state index contributed by atoms with van der Waals surface area (Å²) in [5, 5.41) is 10.9. The van der Waals surface area contributed by atoms with Crippen LogP contribution in [-0.2, 0) is 16.0 Å². The van der Waals surface area contributed by atoms with Gasteiger partial charge in [-0.2, -0.15) is 5.10 Å². The van der Waals surface area contributed by atoms with Gasteiger partial charge in [-0.1, -0.05) is 24.3 Å². The molecule has 1 aliphatic heterocycles. The van der Waals surface area contributed by atoms with E-state index in [2.05, 4.69) is 15.5 Å². The SMILES string of the molecule is O=C(OC(=O)C1CCNCC1)c1cc(Cc2n[nH]c(=O)c3ccccc23)ccc1F. The molecular formula is C22H20FN3O4. The van der Waals surface area contributed by atoms with E-state index in [0.717, 1.165) is 6.07 Å². The Morgan fingerprint density at radius 2 is 1.83 bits per heavy atom. The van der Waals surface area contributed by atoms with E-state index in [1.807, 2.05) is 0 Å². The van der Waals surface area contributed by atoms with Gasteiger partial charge in [-0.3, -0.25) is 9.59 Å². The van der Waals surface area contributed by atoms with Crippen molar-refractivity contribution in [3.8, 4) is 0 Å². The number of nitrogens with zero attached hydrogens (tertiary/aromatic N) is 1. The van der Waals surface area contributed by atoms with Gasteiger partial charge >= 0.3 is 11.9 Å². The number of esters is 2. The Labute approximate surface area is 171 Å². The van der Waals surface area contributed by atoms with Gasteiger partial charge in [0, 0.05) is 11.8 Å². The molecular weight excluding hydrogens is 389 g/mol. The van der Waals surface area contributed by atoms with Crippen LogP contribution in [0.5, 0.6) is 0 Å². The van der Waals surface area contributed by atoms with E-state index >= 15 is 0 Å². The third-order valence-corrected chi connectivity index (χ3v) is 5.26. The summed E-state index contributed by atoms with van der Waals surface area (Å²) >= 11 is 0. The molecule has 0 saturated carbocycles. The zero-order valence-electron chi connectivity index (χ0n) is 16.1. The van der Waals surface area contributed by atoms with Gasteiger partial charge in [0.15, 0.2) is 0 Å². The number of fused-ring (bicyclic) bond motifs is 1. The summed E-state index contributed by atoms with van der Waals surface area (Å²) in [5.74, 6) is -2.75. The Morgan fingerprint density at radius 1 is 1.10 bits per heavy atom. The molecule has 7 nitrogen and oxygen atoms in total. The molecule has 1 saturated heterocycles. The fourth-order valence-electron chi connectivity index (χ4n) is 3.63. The summed E-state index contributed by atoms with van der Waals surface area (Å²) in [5.41, 5.74) is 0.585. The van der Waals surface area contributed by atoms with Crippen molar-refractivity contribution in [2.24, 2.45) is 5.92 Å². The topological polar surface area (TPSA) is 101 Å². The Morgan fingerprint density at radius 3 is 2.60 bits per heavy atom. The molecule has 2 aromatic carbocycles. The number of H-pyrrole nitrogens is 1. The maximum Gasteiger partial charge on any atom is 0.348 e. The standard InChI is InChI=1S/C22H20FN3O4/c23-18-6-5-13(12-19-15-3-1-2-4-16(15)20(27)26-25-19)11-17(18)22(29)30-21(28)14-7-9-24-10-8-14/h1-6,11,14,24H,7-10,12H2,(H,26,27). The van der Waals surface area contributed by atoms with Gasteiger partial charge in [-0.25, -0.2) is 14.3 Å². The smallest absolute Gasteiger partial charge is 0.348 e. The second-order valence-corrected chi connectivity index (χ2v) is 7.27. The maximum absolute atomic E-state index is 14.3. The van der Waals surface area contributed by atoms with E-state index in [1.165, 1.54) is 12.1 Å². The van der Waals surface area contributed by atoms with Gasteiger partial charge in [0.1, 0.15) is 5.82 Å². The van der Waals surface area contributed by atoms with E-state index in [-0.39, 0.29) is 23.5 Å². The third kappa shape index (κ3) is 4.13.